The molecule has 204 valence electrons. The van der Waals surface area contributed by atoms with Gasteiger partial charge in [-0.25, -0.2) is 15.0 Å². The zero-order valence-corrected chi connectivity index (χ0v) is 21.5. The molecule has 1 aliphatic carbocycles. The number of nitrogen functional groups attached to an aromatic ring is 1. The number of likely N-dealkylation sites (N-methyl/N-ethyl adjacent to an activating group) is 1. The first-order valence-electron chi connectivity index (χ1n) is 13.4. The van der Waals surface area contributed by atoms with Crippen LogP contribution < -0.4 is 11.1 Å². The Hall–Kier alpha value is -3.27. The van der Waals surface area contributed by atoms with Crippen LogP contribution in [0.4, 0.5) is 5.82 Å². The molecule has 2 amide bonds. The van der Waals surface area contributed by atoms with Crippen molar-refractivity contribution in [3.8, 4) is 11.8 Å². The predicted octanol–water partition coefficient (Wildman–Crippen LogP) is 0.334. The van der Waals surface area contributed by atoms with Crippen LogP contribution in [0.15, 0.2) is 6.33 Å². The van der Waals surface area contributed by atoms with Crippen LogP contribution in [-0.2, 0) is 14.3 Å². The van der Waals surface area contributed by atoms with Gasteiger partial charge in [0.05, 0.1) is 6.33 Å². The van der Waals surface area contributed by atoms with E-state index in [2.05, 4.69) is 32.1 Å². The quantitative estimate of drug-likeness (QED) is 0.402. The number of carbonyl (C=O) groups is 2. The Morgan fingerprint density at radius 1 is 1.16 bits per heavy atom. The largest absolute Gasteiger partial charge is 0.387 e. The molecule has 0 spiro atoms. The number of aliphatic hydroxyl groups excluding tert-OH is 2. The molecule has 38 heavy (non-hydrogen) atoms. The number of hydrogen-bond donors (Lipinski definition) is 4. The van der Waals surface area contributed by atoms with Gasteiger partial charge in [-0.1, -0.05) is 5.92 Å². The topological polar surface area (TPSA) is 169 Å². The number of amides is 2. The normalized spacial score (nSPS) is 29.3. The Kier molecular flexibility index (Phi) is 7.78. The fraction of sp³-hybridized carbons (Fsp3) is 0.654. The summed E-state index contributed by atoms with van der Waals surface area (Å²) in [6.45, 7) is 3.92. The van der Waals surface area contributed by atoms with Gasteiger partial charge < -0.3 is 30.9 Å². The van der Waals surface area contributed by atoms with Crippen molar-refractivity contribution >= 4 is 28.8 Å². The van der Waals surface area contributed by atoms with Crippen LogP contribution in [0.5, 0.6) is 0 Å². The van der Waals surface area contributed by atoms with Crippen molar-refractivity contribution in [3.63, 3.8) is 0 Å². The maximum absolute atomic E-state index is 12.7. The number of carbonyl (C=O) groups excluding carboxylic acids is 2. The Morgan fingerprint density at radius 2 is 1.89 bits per heavy atom. The maximum Gasteiger partial charge on any atom is 0.252 e. The first-order valence-corrected chi connectivity index (χ1v) is 13.4. The Labute approximate surface area is 221 Å². The van der Waals surface area contributed by atoms with Gasteiger partial charge in [-0.15, -0.1) is 0 Å². The summed E-state index contributed by atoms with van der Waals surface area (Å²) in [6.07, 6.45) is 2.94. The molecule has 0 radical (unpaired) electrons. The number of imidazole rings is 1. The molecule has 5 N–H and O–H groups in total. The third kappa shape index (κ3) is 5.18. The summed E-state index contributed by atoms with van der Waals surface area (Å²) in [5, 5.41) is 23.5. The highest BCUT2D eigenvalue weighted by Crippen LogP contribution is 2.33. The summed E-state index contributed by atoms with van der Waals surface area (Å²) in [7, 11) is 0. The second-order valence-electron chi connectivity index (χ2n) is 10.3. The molecule has 2 aliphatic heterocycles. The molecule has 4 unspecified atom stereocenters. The van der Waals surface area contributed by atoms with Crippen LogP contribution in [0.1, 0.15) is 63.9 Å². The molecular formula is C26H35N7O5. The van der Waals surface area contributed by atoms with Gasteiger partial charge in [0, 0.05) is 32.0 Å². The van der Waals surface area contributed by atoms with Gasteiger partial charge in [-0.05, 0) is 57.3 Å². The average molecular weight is 526 g/mol. The van der Waals surface area contributed by atoms with Crippen LogP contribution in [0, 0.1) is 23.7 Å². The molecule has 3 fully saturated rings. The highest BCUT2D eigenvalue weighted by atomic mass is 16.6. The number of aliphatic hydroxyl groups is 2. The zero-order chi connectivity index (χ0) is 26.8. The second-order valence-corrected chi connectivity index (χ2v) is 10.3. The van der Waals surface area contributed by atoms with Crippen LogP contribution in [0.2, 0.25) is 0 Å². The lowest BCUT2D eigenvalue weighted by atomic mass is 9.80. The van der Waals surface area contributed by atoms with Crippen molar-refractivity contribution in [1.29, 1.82) is 0 Å². The summed E-state index contributed by atoms with van der Waals surface area (Å²) in [4.78, 5) is 39.9. The molecule has 12 nitrogen and oxygen atoms in total. The van der Waals surface area contributed by atoms with Gasteiger partial charge in [0.1, 0.15) is 17.7 Å². The lowest BCUT2D eigenvalue weighted by Crippen LogP contribution is -2.42. The minimum Gasteiger partial charge on any atom is -0.387 e. The van der Waals surface area contributed by atoms with Crippen molar-refractivity contribution in [1.82, 2.24) is 29.7 Å². The number of hydrogen-bond acceptors (Lipinski definition) is 9. The molecule has 12 heteroatoms. The van der Waals surface area contributed by atoms with Crippen LogP contribution >= 0.6 is 0 Å². The lowest BCUT2D eigenvalue weighted by molar-refractivity contribution is -0.137. The minimum absolute atomic E-state index is 0.132. The molecule has 4 heterocycles. The third-order valence-electron chi connectivity index (χ3n) is 7.77. The van der Waals surface area contributed by atoms with Crippen molar-refractivity contribution in [2.24, 2.45) is 11.8 Å². The van der Waals surface area contributed by atoms with Crippen molar-refractivity contribution < 1.29 is 24.5 Å². The Bertz CT molecular complexity index is 1240. The fourth-order valence-electron chi connectivity index (χ4n) is 5.64. The van der Waals surface area contributed by atoms with E-state index < -0.39 is 30.4 Å². The smallest absolute Gasteiger partial charge is 0.252 e. The predicted molar refractivity (Wildman–Crippen MR) is 137 cm³/mol. The number of anilines is 1. The molecule has 0 bridgehead atoms. The first-order chi connectivity index (χ1) is 18.4. The molecule has 2 aromatic heterocycles. The van der Waals surface area contributed by atoms with Crippen LogP contribution in [0.3, 0.4) is 0 Å². The molecule has 1 saturated carbocycles. The molecule has 2 saturated heterocycles. The van der Waals surface area contributed by atoms with E-state index in [0.717, 1.165) is 51.6 Å². The number of nitrogens with one attached hydrogen (secondary N) is 1. The van der Waals surface area contributed by atoms with Gasteiger partial charge in [-0.3, -0.25) is 14.2 Å². The van der Waals surface area contributed by atoms with Crippen LogP contribution in [-0.4, -0.2) is 84.4 Å². The standard InChI is InChI=1S/C26H35N7O5/c1-2-28-24(36)21-19(34)20(35)26(38-21)33-14-29-18-22(27)30-17(31-23(18)33)7-5-6-15-8-10-16(11-9-15)25(37)32-12-3-4-13-32/h14-16,19-21,26,34-35H,2-4,6,8-13H2,1H3,(H,28,36)(H2,27,30,31). The highest BCUT2D eigenvalue weighted by molar-refractivity contribution is 5.83. The zero-order valence-electron chi connectivity index (χ0n) is 21.5. The highest BCUT2D eigenvalue weighted by Gasteiger charge is 2.47. The van der Waals surface area contributed by atoms with Gasteiger partial charge in [0.2, 0.25) is 11.7 Å². The van der Waals surface area contributed by atoms with Crippen molar-refractivity contribution in [2.45, 2.75) is 76.4 Å². The maximum atomic E-state index is 12.7. The van der Waals surface area contributed by atoms with E-state index in [1.54, 1.807) is 6.92 Å². The second kappa shape index (κ2) is 11.2. The fourth-order valence-corrected chi connectivity index (χ4v) is 5.64. The molecule has 0 aromatic carbocycles. The number of nitrogens with two attached hydrogens (primary N) is 1. The van der Waals surface area contributed by atoms with E-state index >= 15 is 0 Å². The van der Waals surface area contributed by atoms with Gasteiger partial charge in [0.25, 0.3) is 5.91 Å². The summed E-state index contributed by atoms with van der Waals surface area (Å²) >= 11 is 0. The van der Waals surface area contributed by atoms with Crippen molar-refractivity contribution in [3.05, 3.63) is 12.2 Å². The molecular weight excluding hydrogens is 490 g/mol. The number of likely N-dealkylation sites (tertiary alicyclic amines) is 1. The monoisotopic (exact) mass is 525 g/mol. The van der Waals surface area contributed by atoms with E-state index in [4.69, 9.17) is 10.5 Å². The summed E-state index contributed by atoms with van der Waals surface area (Å²) < 4.78 is 7.13. The van der Waals surface area contributed by atoms with E-state index in [0.29, 0.717) is 30.3 Å². The molecule has 2 aromatic rings. The molecule has 4 atom stereocenters. The van der Waals surface area contributed by atoms with E-state index in [1.165, 1.54) is 10.9 Å². The van der Waals surface area contributed by atoms with E-state index in [9.17, 15) is 19.8 Å². The van der Waals surface area contributed by atoms with E-state index in [-0.39, 0.29) is 23.2 Å². The van der Waals surface area contributed by atoms with Gasteiger partial charge in [0.15, 0.2) is 23.8 Å². The summed E-state index contributed by atoms with van der Waals surface area (Å²) in [5.41, 5.74) is 6.70. The number of fused-ring (bicyclic) bond motifs is 1. The first kappa shape index (κ1) is 26.3. The lowest BCUT2D eigenvalue weighted by Gasteiger charge is -2.29. The van der Waals surface area contributed by atoms with Gasteiger partial charge >= 0.3 is 0 Å². The summed E-state index contributed by atoms with van der Waals surface area (Å²) in [6, 6.07) is 0. The average Bonchev–Trinajstić information content (AvgIpc) is 3.65. The number of nitrogens with zero attached hydrogens (tertiary/aromatic N) is 5. The Balaban J connectivity index is 1.25. The molecule has 5 rings (SSSR count). The molecule has 3 aliphatic rings. The number of ether oxygens (including phenoxy) is 1. The summed E-state index contributed by atoms with van der Waals surface area (Å²) in [5.74, 6) is 6.87. The Morgan fingerprint density at radius 3 is 2.61 bits per heavy atom. The van der Waals surface area contributed by atoms with Crippen LogP contribution in [0.25, 0.3) is 11.2 Å². The SMILES string of the molecule is CCNC(=O)C1OC(n2cnc3c(N)nc(C#CCC4CCC(C(=O)N5CCCC5)CC4)nc32)C(O)C1O. The van der Waals surface area contributed by atoms with Crippen molar-refractivity contribution in [2.75, 3.05) is 25.4 Å². The minimum atomic E-state index is -1.41. The number of aromatic nitrogens is 4. The number of rotatable bonds is 5. The third-order valence-corrected chi connectivity index (χ3v) is 7.77. The van der Waals surface area contributed by atoms with Gasteiger partial charge in [-0.2, -0.15) is 0 Å². The van der Waals surface area contributed by atoms with E-state index in [1.807, 2.05) is 4.90 Å².